The Morgan fingerprint density at radius 3 is 2.77 bits per heavy atom. The molecule has 0 aliphatic heterocycles. The average molecular weight is 200 g/mol. The van der Waals surface area contributed by atoms with Crippen molar-refractivity contribution in [3.05, 3.63) is 29.6 Å². The number of pyridine rings is 1. The van der Waals surface area contributed by atoms with Gasteiger partial charge in [0.25, 0.3) is 0 Å². The summed E-state index contributed by atoms with van der Waals surface area (Å²) in [5.74, 6) is -0.935. The van der Waals surface area contributed by atoms with Crippen LogP contribution in [0.1, 0.15) is 11.1 Å². The van der Waals surface area contributed by atoms with Crippen LogP contribution >= 0.6 is 12.4 Å². The fraction of sp³-hybridized carbons (Fsp3) is 0.333. The summed E-state index contributed by atoms with van der Waals surface area (Å²) in [7, 11) is 0. The summed E-state index contributed by atoms with van der Waals surface area (Å²) in [5, 5.41) is 8.76. The van der Waals surface area contributed by atoms with Crippen LogP contribution in [0.2, 0.25) is 0 Å². The minimum atomic E-state index is -0.703. The molecule has 0 spiro atoms. The normalized spacial score (nSPS) is 18.9. The van der Waals surface area contributed by atoms with Gasteiger partial charge in [0.15, 0.2) is 0 Å². The highest BCUT2D eigenvalue weighted by Gasteiger charge is 2.26. The van der Waals surface area contributed by atoms with Crippen molar-refractivity contribution < 1.29 is 9.90 Å². The molecule has 1 aromatic heterocycles. The van der Waals surface area contributed by atoms with Crippen LogP contribution in [0, 0.1) is 5.92 Å². The lowest BCUT2D eigenvalue weighted by molar-refractivity contribution is -0.141. The molecule has 0 radical (unpaired) electrons. The molecule has 0 bridgehead atoms. The zero-order chi connectivity index (χ0) is 8.55. The van der Waals surface area contributed by atoms with Gasteiger partial charge in [0.05, 0.1) is 5.92 Å². The molecule has 0 amide bonds. The Kier molecular flexibility index (Phi) is 2.88. The Morgan fingerprint density at radius 1 is 1.46 bits per heavy atom. The Hall–Kier alpha value is -1.09. The van der Waals surface area contributed by atoms with Crippen molar-refractivity contribution >= 4 is 18.4 Å². The molecule has 1 aromatic rings. The third kappa shape index (κ3) is 1.80. The van der Waals surface area contributed by atoms with Crippen LogP contribution in [0.4, 0.5) is 0 Å². The average Bonchev–Trinajstić information content (AvgIpc) is 2.46. The van der Waals surface area contributed by atoms with Gasteiger partial charge in [-0.1, -0.05) is 0 Å². The van der Waals surface area contributed by atoms with E-state index < -0.39 is 5.97 Å². The van der Waals surface area contributed by atoms with E-state index in [1.807, 2.05) is 6.07 Å². The first-order chi connectivity index (χ1) is 5.77. The number of nitrogens with zero attached hydrogens (tertiary/aromatic N) is 1. The second kappa shape index (κ2) is 3.75. The van der Waals surface area contributed by atoms with Crippen molar-refractivity contribution in [1.29, 1.82) is 0 Å². The Bertz CT molecular complexity index is 302. The monoisotopic (exact) mass is 199 g/mol. The van der Waals surface area contributed by atoms with Gasteiger partial charge in [-0.15, -0.1) is 12.4 Å². The number of carboxylic acid groups (broad SMARTS) is 1. The largest absolute Gasteiger partial charge is 0.481 e. The maximum atomic E-state index is 10.6. The van der Waals surface area contributed by atoms with E-state index in [1.54, 1.807) is 12.4 Å². The zero-order valence-electron chi connectivity index (χ0n) is 6.93. The van der Waals surface area contributed by atoms with Crippen molar-refractivity contribution in [2.45, 2.75) is 12.8 Å². The van der Waals surface area contributed by atoms with E-state index in [0.717, 1.165) is 11.1 Å². The highest BCUT2D eigenvalue weighted by atomic mass is 35.5. The lowest BCUT2D eigenvalue weighted by Gasteiger charge is -1.98. The van der Waals surface area contributed by atoms with Gasteiger partial charge in [0.2, 0.25) is 0 Å². The summed E-state index contributed by atoms with van der Waals surface area (Å²) in [5.41, 5.74) is 2.22. The van der Waals surface area contributed by atoms with E-state index in [0.29, 0.717) is 12.8 Å². The highest BCUT2D eigenvalue weighted by molar-refractivity contribution is 5.85. The van der Waals surface area contributed by atoms with Crippen LogP contribution < -0.4 is 0 Å². The summed E-state index contributed by atoms with van der Waals surface area (Å²) in [6.45, 7) is 0. The van der Waals surface area contributed by atoms with E-state index in [2.05, 4.69) is 4.98 Å². The first-order valence-corrected chi connectivity index (χ1v) is 3.92. The second-order valence-electron chi connectivity index (χ2n) is 3.09. The van der Waals surface area contributed by atoms with Gasteiger partial charge in [-0.05, 0) is 30.0 Å². The standard InChI is InChI=1S/C9H9NO2.ClH/c11-9(12)7-3-6-1-2-10-5-8(6)4-7;/h1-2,5,7H,3-4H2,(H,11,12);1H. The highest BCUT2D eigenvalue weighted by Crippen LogP contribution is 2.25. The number of aromatic nitrogens is 1. The predicted molar refractivity (Wildman–Crippen MR) is 50.0 cm³/mol. The fourth-order valence-corrected chi connectivity index (χ4v) is 1.62. The number of halogens is 1. The summed E-state index contributed by atoms with van der Waals surface area (Å²) < 4.78 is 0. The van der Waals surface area contributed by atoms with Gasteiger partial charge >= 0.3 is 5.97 Å². The van der Waals surface area contributed by atoms with Crippen molar-refractivity contribution in [3.63, 3.8) is 0 Å². The molecule has 0 fully saturated rings. The summed E-state index contributed by atoms with van der Waals surface area (Å²) in [6, 6.07) is 1.90. The number of hydrogen-bond acceptors (Lipinski definition) is 2. The molecular formula is C9H10ClNO2. The number of hydrogen-bond donors (Lipinski definition) is 1. The lowest BCUT2D eigenvalue weighted by Crippen LogP contribution is -2.12. The van der Waals surface area contributed by atoms with Crippen molar-refractivity contribution in [2.24, 2.45) is 5.92 Å². The Balaban J connectivity index is 0.000000845. The van der Waals surface area contributed by atoms with Crippen LogP contribution in [-0.4, -0.2) is 16.1 Å². The molecule has 2 rings (SSSR count). The molecule has 70 valence electrons. The van der Waals surface area contributed by atoms with Crippen LogP contribution in [0.5, 0.6) is 0 Å². The number of aliphatic carboxylic acids is 1. The Labute approximate surface area is 82.2 Å². The molecule has 0 saturated carbocycles. The van der Waals surface area contributed by atoms with E-state index in [1.165, 1.54) is 0 Å². The van der Waals surface area contributed by atoms with E-state index in [9.17, 15) is 4.79 Å². The molecule has 0 aromatic carbocycles. The molecule has 1 unspecified atom stereocenters. The SMILES string of the molecule is Cl.O=C(O)C1Cc2ccncc2C1. The second-order valence-corrected chi connectivity index (χ2v) is 3.09. The van der Waals surface area contributed by atoms with E-state index in [4.69, 9.17) is 5.11 Å². The van der Waals surface area contributed by atoms with E-state index >= 15 is 0 Å². The third-order valence-electron chi connectivity index (χ3n) is 2.29. The van der Waals surface area contributed by atoms with Crippen molar-refractivity contribution in [1.82, 2.24) is 4.98 Å². The minimum absolute atomic E-state index is 0. The minimum Gasteiger partial charge on any atom is -0.481 e. The van der Waals surface area contributed by atoms with Crippen LogP contribution in [0.15, 0.2) is 18.5 Å². The number of rotatable bonds is 1. The number of carbonyl (C=O) groups is 1. The van der Waals surface area contributed by atoms with Gasteiger partial charge in [-0.25, -0.2) is 0 Å². The van der Waals surface area contributed by atoms with Gasteiger partial charge in [-0.3, -0.25) is 9.78 Å². The van der Waals surface area contributed by atoms with Crippen molar-refractivity contribution in [2.75, 3.05) is 0 Å². The van der Waals surface area contributed by atoms with Crippen LogP contribution in [0.3, 0.4) is 0 Å². The maximum absolute atomic E-state index is 10.6. The van der Waals surface area contributed by atoms with Gasteiger partial charge in [-0.2, -0.15) is 0 Å². The first kappa shape index (κ1) is 9.99. The zero-order valence-corrected chi connectivity index (χ0v) is 7.75. The number of fused-ring (bicyclic) bond motifs is 1. The quantitative estimate of drug-likeness (QED) is 0.742. The smallest absolute Gasteiger partial charge is 0.307 e. The molecule has 13 heavy (non-hydrogen) atoms. The lowest BCUT2D eigenvalue weighted by atomic mass is 10.1. The van der Waals surface area contributed by atoms with Crippen LogP contribution in [-0.2, 0) is 17.6 Å². The molecule has 1 heterocycles. The van der Waals surface area contributed by atoms with Crippen molar-refractivity contribution in [3.8, 4) is 0 Å². The van der Waals surface area contributed by atoms with Crippen LogP contribution in [0.25, 0.3) is 0 Å². The van der Waals surface area contributed by atoms with Gasteiger partial charge in [0.1, 0.15) is 0 Å². The van der Waals surface area contributed by atoms with Gasteiger partial charge < -0.3 is 5.11 Å². The molecule has 0 saturated heterocycles. The molecular weight excluding hydrogens is 190 g/mol. The summed E-state index contributed by atoms with van der Waals surface area (Å²) in [6.07, 6.45) is 4.77. The first-order valence-electron chi connectivity index (χ1n) is 3.92. The molecule has 1 atom stereocenters. The third-order valence-corrected chi connectivity index (χ3v) is 2.29. The topological polar surface area (TPSA) is 50.2 Å². The van der Waals surface area contributed by atoms with E-state index in [-0.39, 0.29) is 18.3 Å². The Morgan fingerprint density at radius 2 is 2.15 bits per heavy atom. The number of carboxylic acids is 1. The summed E-state index contributed by atoms with van der Waals surface area (Å²) in [4.78, 5) is 14.6. The fourth-order valence-electron chi connectivity index (χ4n) is 1.62. The molecule has 4 heteroatoms. The van der Waals surface area contributed by atoms with Gasteiger partial charge in [0, 0.05) is 12.4 Å². The molecule has 1 aliphatic rings. The predicted octanol–water partition coefficient (Wildman–Crippen LogP) is 1.30. The summed E-state index contributed by atoms with van der Waals surface area (Å²) >= 11 is 0. The molecule has 3 nitrogen and oxygen atoms in total. The molecule has 1 aliphatic carbocycles. The maximum Gasteiger partial charge on any atom is 0.307 e. The molecule has 1 N–H and O–H groups in total.